The standard InChI is InChI=1S/C10H11NO/c1-2-12-8-10-6-4-3-5-9(10)7-11/h3-6H,2,8H2,1H3. The molecule has 0 saturated heterocycles. The zero-order chi connectivity index (χ0) is 8.81. The highest BCUT2D eigenvalue weighted by Gasteiger charge is 1.98. The van der Waals surface area contributed by atoms with E-state index in [0.29, 0.717) is 18.8 Å². The van der Waals surface area contributed by atoms with Crippen molar-refractivity contribution in [2.45, 2.75) is 13.5 Å². The Bertz CT molecular complexity index is 288. The Kier molecular flexibility index (Phi) is 3.31. The molecule has 1 aromatic carbocycles. The lowest BCUT2D eigenvalue weighted by Crippen LogP contribution is -1.94. The van der Waals surface area contributed by atoms with Crippen LogP contribution in [0.2, 0.25) is 0 Å². The van der Waals surface area contributed by atoms with Crippen molar-refractivity contribution in [1.29, 1.82) is 5.26 Å². The summed E-state index contributed by atoms with van der Waals surface area (Å²) in [6.07, 6.45) is 0. The minimum absolute atomic E-state index is 0.528. The van der Waals surface area contributed by atoms with Crippen LogP contribution in [-0.2, 0) is 11.3 Å². The first-order chi connectivity index (χ1) is 5.88. The molecule has 0 atom stereocenters. The SMILES string of the molecule is CCOCc1ccccc1C#N. The average molecular weight is 161 g/mol. The molecule has 0 heterocycles. The Labute approximate surface area is 72.4 Å². The summed E-state index contributed by atoms with van der Waals surface area (Å²) in [5.74, 6) is 0. The van der Waals surface area contributed by atoms with Crippen molar-refractivity contribution in [3.8, 4) is 6.07 Å². The topological polar surface area (TPSA) is 33.0 Å². The van der Waals surface area contributed by atoms with Crippen LogP contribution >= 0.6 is 0 Å². The van der Waals surface area contributed by atoms with Crippen LogP contribution in [0.15, 0.2) is 24.3 Å². The number of nitriles is 1. The number of benzene rings is 1. The minimum Gasteiger partial charge on any atom is -0.377 e. The summed E-state index contributed by atoms with van der Waals surface area (Å²) < 4.78 is 5.21. The Balaban J connectivity index is 2.77. The predicted octanol–water partition coefficient (Wildman–Crippen LogP) is 2.09. The summed E-state index contributed by atoms with van der Waals surface area (Å²) in [6.45, 7) is 3.15. The van der Waals surface area contributed by atoms with Gasteiger partial charge in [0.2, 0.25) is 0 Å². The van der Waals surface area contributed by atoms with Crippen LogP contribution in [0, 0.1) is 11.3 Å². The van der Waals surface area contributed by atoms with Crippen molar-refractivity contribution >= 4 is 0 Å². The van der Waals surface area contributed by atoms with Crippen LogP contribution in [0.3, 0.4) is 0 Å². The highest BCUT2D eigenvalue weighted by molar-refractivity contribution is 5.36. The van der Waals surface area contributed by atoms with Gasteiger partial charge in [-0.25, -0.2) is 0 Å². The molecule has 0 aliphatic heterocycles. The second kappa shape index (κ2) is 4.53. The quantitative estimate of drug-likeness (QED) is 0.680. The number of hydrogen-bond donors (Lipinski definition) is 0. The molecule has 0 aliphatic rings. The highest BCUT2D eigenvalue weighted by Crippen LogP contribution is 2.07. The average Bonchev–Trinajstić information content (AvgIpc) is 2.15. The molecule has 0 radical (unpaired) electrons. The fourth-order valence-corrected chi connectivity index (χ4v) is 0.967. The molecule has 0 spiro atoms. The van der Waals surface area contributed by atoms with Gasteiger partial charge in [0.15, 0.2) is 0 Å². The highest BCUT2D eigenvalue weighted by atomic mass is 16.5. The van der Waals surface area contributed by atoms with Crippen LogP contribution in [-0.4, -0.2) is 6.61 Å². The molecule has 62 valence electrons. The maximum absolute atomic E-state index is 8.71. The van der Waals surface area contributed by atoms with Crippen molar-refractivity contribution in [2.75, 3.05) is 6.61 Å². The van der Waals surface area contributed by atoms with Gasteiger partial charge in [0.05, 0.1) is 18.2 Å². The smallest absolute Gasteiger partial charge is 0.0995 e. The van der Waals surface area contributed by atoms with Gasteiger partial charge in [-0.1, -0.05) is 18.2 Å². The van der Waals surface area contributed by atoms with E-state index >= 15 is 0 Å². The molecule has 0 fully saturated rings. The first-order valence-electron chi connectivity index (χ1n) is 3.94. The Hall–Kier alpha value is -1.33. The van der Waals surface area contributed by atoms with E-state index in [1.807, 2.05) is 25.1 Å². The van der Waals surface area contributed by atoms with Crippen molar-refractivity contribution < 1.29 is 4.74 Å². The summed E-state index contributed by atoms with van der Waals surface area (Å²) in [5, 5.41) is 8.71. The van der Waals surface area contributed by atoms with Gasteiger partial charge < -0.3 is 4.74 Å². The minimum atomic E-state index is 0.528. The third-order valence-corrected chi connectivity index (χ3v) is 1.60. The van der Waals surface area contributed by atoms with Gasteiger partial charge in [0, 0.05) is 6.61 Å². The van der Waals surface area contributed by atoms with Crippen LogP contribution in [0.25, 0.3) is 0 Å². The summed E-state index contributed by atoms with van der Waals surface area (Å²) in [7, 11) is 0. The van der Waals surface area contributed by atoms with E-state index in [9.17, 15) is 0 Å². The van der Waals surface area contributed by atoms with E-state index in [0.717, 1.165) is 5.56 Å². The maximum Gasteiger partial charge on any atom is 0.0995 e. The van der Waals surface area contributed by atoms with Gasteiger partial charge in [0.25, 0.3) is 0 Å². The maximum atomic E-state index is 8.71. The Morgan fingerprint density at radius 3 is 2.83 bits per heavy atom. The number of hydrogen-bond acceptors (Lipinski definition) is 2. The molecule has 0 N–H and O–H groups in total. The van der Waals surface area contributed by atoms with E-state index < -0.39 is 0 Å². The zero-order valence-electron chi connectivity index (χ0n) is 7.08. The normalized spacial score (nSPS) is 9.33. The van der Waals surface area contributed by atoms with Crippen LogP contribution < -0.4 is 0 Å². The van der Waals surface area contributed by atoms with Gasteiger partial charge in [-0.05, 0) is 18.6 Å². The second-order valence-corrected chi connectivity index (χ2v) is 2.41. The van der Waals surface area contributed by atoms with E-state index in [-0.39, 0.29) is 0 Å². The van der Waals surface area contributed by atoms with Gasteiger partial charge in [-0.2, -0.15) is 5.26 Å². The Morgan fingerprint density at radius 1 is 1.42 bits per heavy atom. The van der Waals surface area contributed by atoms with Gasteiger partial charge in [-0.3, -0.25) is 0 Å². The van der Waals surface area contributed by atoms with Crippen molar-refractivity contribution in [3.05, 3.63) is 35.4 Å². The fourth-order valence-electron chi connectivity index (χ4n) is 0.967. The van der Waals surface area contributed by atoms with E-state index in [1.54, 1.807) is 6.07 Å². The van der Waals surface area contributed by atoms with Crippen LogP contribution in [0.5, 0.6) is 0 Å². The molecule has 2 nitrogen and oxygen atoms in total. The molecule has 0 bridgehead atoms. The molecule has 12 heavy (non-hydrogen) atoms. The van der Waals surface area contributed by atoms with Gasteiger partial charge in [-0.15, -0.1) is 0 Å². The predicted molar refractivity (Wildman–Crippen MR) is 46.5 cm³/mol. The lowest BCUT2D eigenvalue weighted by Gasteiger charge is -2.02. The van der Waals surface area contributed by atoms with Crippen LogP contribution in [0.4, 0.5) is 0 Å². The summed E-state index contributed by atoms with van der Waals surface area (Å²) in [6, 6.07) is 9.60. The van der Waals surface area contributed by atoms with Gasteiger partial charge in [0.1, 0.15) is 0 Å². The van der Waals surface area contributed by atoms with Crippen molar-refractivity contribution in [1.82, 2.24) is 0 Å². The molecule has 1 aromatic rings. The largest absolute Gasteiger partial charge is 0.377 e. The van der Waals surface area contributed by atoms with Crippen molar-refractivity contribution in [3.63, 3.8) is 0 Å². The van der Waals surface area contributed by atoms with Crippen molar-refractivity contribution in [2.24, 2.45) is 0 Å². The zero-order valence-corrected chi connectivity index (χ0v) is 7.08. The first-order valence-corrected chi connectivity index (χ1v) is 3.94. The van der Waals surface area contributed by atoms with E-state index in [2.05, 4.69) is 6.07 Å². The lowest BCUT2D eigenvalue weighted by atomic mass is 10.1. The lowest BCUT2D eigenvalue weighted by molar-refractivity contribution is 0.134. The number of ether oxygens (including phenoxy) is 1. The first kappa shape index (κ1) is 8.76. The second-order valence-electron chi connectivity index (χ2n) is 2.41. The molecule has 0 unspecified atom stereocenters. The molecule has 0 aliphatic carbocycles. The molecule has 2 heteroatoms. The molecule has 0 aromatic heterocycles. The third kappa shape index (κ3) is 2.08. The summed E-state index contributed by atoms with van der Waals surface area (Å²) in [4.78, 5) is 0. The molecule has 0 amide bonds. The number of nitrogens with zero attached hydrogens (tertiary/aromatic N) is 1. The molecular formula is C10H11NO. The summed E-state index contributed by atoms with van der Waals surface area (Å²) in [5.41, 5.74) is 1.66. The Morgan fingerprint density at radius 2 is 2.17 bits per heavy atom. The fraction of sp³-hybridized carbons (Fsp3) is 0.300. The van der Waals surface area contributed by atoms with Crippen LogP contribution in [0.1, 0.15) is 18.1 Å². The number of rotatable bonds is 3. The molecular weight excluding hydrogens is 150 g/mol. The van der Waals surface area contributed by atoms with E-state index in [1.165, 1.54) is 0 Å². The molecule has 0 saturated carbocycles. The van der Waals surface area contributed by atoms with E-state index in [4.69, 9.17) is 10.00 Å². The molecule has 1 rings (SSSR count). The summed E-state index contributed by atoms with van der Waals surface area (Å²) >= 11 is 0. The van der Waals surface area contributed by atoms with Gasteiger partial charge >= 0.3 is 0 Å². The third-order valence-electron chi connectivity index (χ3n) is 1.60. The monoisotopic (exact) mass is 161 g/mol.